The fraction of sp³-hybridized carbons (Fsp3) is 0.192. The van der Waals surface area contributed by atoms with Gasteiger partial charge in [-0.15, -0.1) is 0 Å². The van der Waals surface area contributed by atoms with E-state index in [2.05, 4.69) is 10.6 Å². The van der Waals surface area contributed by atoms with Crippen LogP contribution in [-0.4, -0.2) is 34.0 Å². The van der Waals surface area contributed by atoms with Crippen molar-refractivity contribution in [3.8, 4) is 11.5 Å². The summed E-state index contributed by atoms with van der Waals surface area (Å²) in [6.07, 6.45) is 0.250. The van der Waals surface area contributed by atoms with Crippen molar-refractivity contribution in [1.82, 2.24) is 5.32 Å². The summed E-state index contributed by atoms with van der Waals surface area (Å²) in [7, 11) is 0. The standard InChI is InChI=1S/C26H20ClN3O5/c27-14-6-8-15(9-7-14)30-23(33)21-18(11-13-5-10-19(31)20(32)12-13)29-26(22(21)24(30)34)16-3-1-2-4-17(16)28-25(26)35/h1-10,12,18,21-22,29,31-32H,11H2,(H,28,35)/t18-,21-,22+,26+/m1/s1. The van der Waals surface area contributed by atoms with Crippen LogP contribution in [0, 0.1) is 11.8 Å². The molecule has 0 aromatic heterocycles. The molecule has 4 atom stereocenters. The maximum Gasteiger partial charge on any atom is 0.250 e. The van der Waals surface area contributed by atoms with Crippen molar-refractivity contribution in [2.24, 2.45) is 11.8 Å². The van der Waals surface area contributed by atoms with E-state index in [1.807, 2.05) is 0 Å². The number of imide groups is 1. The summed E-state index contributed by atoms with van der Waals surface area (Å²) in [5, 5.41) is 26.4. The topological polar surface area (TPSA) is 119 Å². The van der Waals surface area contributed by atoms with Gasteiger partial charge in [-0.3, -0.25) is 19.7 Å². The van der Waals surface area contributed by atoms with Gasteiger partial charge in [0.2, 0.25) is 17.7 Å². The number of hydrogen-bond donors (Lipinski definition) is 4. The van der Waals surface area contributed by atoms with Gasteiger partial charge < -0.3 is 15.5 Å². The lowest BCUT2D eigenvalue weighted by molar-refractivity contribution is -0.130. The van der Waals surface area contributed by atoms with E-state index in [1.54, 1.807) is 54.6 Å². The van der Waals surface area contributed by atoms with Crippen molar-refractivity contribution >= 4 is 40.7 Å². The number of carbonyl (C=O) groups excluding carboxylic acids is 3. The fourth-order valence-corrected chi connectivity index (χ4v) is 5.85. The number of aromatic hydroxyl groups is 2. The van der Waals surface area contributed by atoms with Crippen molar-refractivity contribution in [3.05, 3.63) is 82.9 Å². The lowest BCUT2D eigenvalue weighted by atomic mass is 9.76. The molecule has 0 saturated carbocycles. The lowest BCUT2D eigenvalue weighted by Crippen LogP contribution is -2.53. The van der Waals surface area contributed by atoms with Crippen LogP contribution >= 0.6 is 11.6 Å². The third kappa shape index (κ3) is 3.00. The van der Waals surface area contributed by atoms with Crippen molar-refractivity contribution in [1.29, 1.82) is 0 Å². The summed E-state index contributed by atoms with van der Waals surface area (Å²) in [5.74, 6) is -3.59. The largest absolute Gasteiger partial charge is 0.504 e. The lowest BCUT2D eigenvalue weighted by Gasteiger charge is -2.29. The number of hydrogen-bond acceptors (Lipinski definition) is 6. The molecule has 2 fully saturated rings. The molecule has 6 rings (SSSR count). The van der Waals surface area contributed by atoms with Gasteiger partial charge in [-0.25, -0.2) is 4.90 Å². The van der Waals surface area contributed by atoms with Gasteiger partial charge >= 0.3 is 0 Å². The predicted molar refractivity (Wildman–Crippen MR) is 128 cm³/mol. The number of nitrogens with one attached hydrogen (secondary N) is 2. The molecule has 35 heavy (non-hydrogen) atoms. The number of halogens is 1. The maximum atomic E-state index is 13.9. The quantitative estimate of drug-likeness (QED) is 0.332. The molecule has 1 spiro atoms. The smallest absolute Gasteiger partial charge is 0.250 e. The number of fused-ring (bicyclic) bond motifs is 4. The minimum Gasteiger partial charge on any atom is -0.504 e. The van der Waals surface area contributed by atoms with Crippen molar-refractivity contribution < 1.29 is 24.6 Å². The second-order valence-electron chi connectivity index (χ2n) is 9.08. The highest BCUT2D eigenvalue weighted by Gasteiger charge is 2.70. The van der Waals surface area contributed by atoms with E-state index in [0.29, 0.717) is 27.5 Å². The average Bonchev–Trinajstić information content (AvgIpc) is 3.42. The third-order valence-electron chi connectivity index (χ3n) is 7.20. The Kier molecular flexibility index (Phi) is 4.67. The Hall–Kier alpha value is -3.88. The van der Waals surface area contributed by atoms with Gasteiger partial charge in [0.05, 0.1) is 17.5 Å². The number of carbonyl (C=O) groups is 3. The molecule has 8 nitrogen and oxygen atoms in total. The van der Waals surface area contributed by atoms with Crippen LogP contribution in [0.5, 0.6) is 11.5 Å². The number of phenols is 2. The first kappa shape index (κ1) is 21.6. The first-order valence-electron chi connectivity index (χ1n) is 11.1. The second-order valence-corrected chi connectivity index (χ2v) is 9.51. The van der Waals surface area contributed by atoms with Crippen molar-refractivity contribution in [2.75, 3.05) is 10.2 Å². The molecule has 0 unspecified atom stereocenters. The number of para-hydroxylation sites is 1. The normalized spacial score (nSPS) is 26.8. The van der Waals surface area contributed by atoms with Crippen molar-refractivity contribution in [2.45, 2.75) is 18.0 Å². The molecular formula is C26H20ClN3O5. The van der Waals surface area contributed by atoms with Gasteiger partial charge in [-0.05, 0) is 54.4 Å². The summed E-state index contributed by atoms with van der Waals surface area (Å²) >= 11 is 6.01. The van der Waals surface area contributed by atoms with Gasteiger partial charge in [0.1, 0.15) is 5.54 Å². The van der Waals surface area contributed by atoms with Crippen LogP contribution in [0.4, 0.5) is 11.4 Å². The zero-order chi connectivity index (χ0) is 24.5. The highest BCUT2D eigenvalue weighted by molar-refractivity contribution is 6.31. The molecule has 0 radical (unpaired) electrons. The summed E-state index contributed by atoms with van der Waals surface area (Å²) in [6, 6.07) is 17.4. The molecule has 9 heteroatoms. The van der Waals surface area contributed by atoms with Crippen LogP contribution < -0.4 is 15.5 Å². The molecule has 3 aliphatic rings. The summed E-state index contributed by atoms with van der Waals surface area (Å²) in [5.41, 5.74) is 0.831. The molecule has 3 aromatic rings. The number of phenolic OH excluding ortho intramolecular Hbond substituents is 2. The van der Waals surface area contributed by atoms with Crippen LogP contribution in [0.15, 0.2) is 66.7 Å². The number of amides is 3. The van der Waals surface area contributed by atoms with Crippen LogP contribution in [0.2, 0.25) is 5.02 Å². The summed E-state index contributed by atoms with van der Waals surface area (Å²) in [4.78, 5) is 42.3. The SMILES string of the molecule is O=C1[C@H]2[C@@H](C(=O)N1c1ccc(Cl)cc1)[C@]1(N[C@@H]2Cc2ccc(O)c(O)c2)C(=O)Nc2ccccc21. The monoisotopic (exact) mass is 489 g/mol. The molecule has 4 N–H and O–H groups in total. The van der Waals surface area contributed by atoms with E-state index in [-0.39, 0.29) is 23.8 Å². The molecular weight excluding hydrogens is 470 g/mol. The average molecular weight is 490 g/mol. The Bertz CT molecular complexity index is 1410. The Morgan fingerprint density at radius 3 is 2.40 bits per heavy atom. The molecule has 3 aliphatic heterocycles. The van der Waals surface area contributed by atoms with E-state index in [0.717, 1.165) is 4.90 Å². The Morgan fingerprint density at radius 2 is 1.66 bits per heavy atom. The molecule has 3 heterocycles. The minimum atomic E-state index is -1.42. The molecule has 176 valence electrons. The number of rotatable bonds is 3. The van der Waals surface area contributed by atoms with Gasteiger partial charge in [0, 0.05) is 22.3 Å². The third-order valence-corrected chi connectivity index (χ3v) is 7.45. The van der Waals surface area contributed by atoms with Gasteiger partial charge in [-0.2, -0.15) is 0 Å². The highest BCUT2D eigenvalue weighted by atomic mass is 35.5. The molecule has 0 bridgehead atoms. The predicted octanol–water partition coefficient (Wildman–Crippen LogP) is 2.92. The Labute approximate surface area is 205 Å². The van der Waals surface area contributed by atoms with E-state index in [9.17, 15) is 24.6 Å². The van der Waals surface area contributed by atoms with E-state index in [4.69, 9.17) is 11.6 Å². The number of nitrogens with zero attached hydrogens (tertiary/aromatic N) is 1. The molecule has 3 amide bonds. The molecule has 0 aliphatic carbocycles. The molecule has 3 aromatic carbocycles. The van der Waals surface area contributed by atoms with E-state index >= 15 is 0 Å². The number of benzene rings is 3. The number of anilines is 2. The van der Waals surface area contributed by atoms with Crippen LogP contribution in [0.1, 0.15) is 11.1 Å². The minimum absolute atomic E-state index is 0.250. The van der Waals surface area contributed by atoms with Crippen molar-refractivity contribution in [3.63, 3.8) is 0 Å². The van der Waals surface area contributed by atoms with Gasteiger partial charge in [0.15, 0.2) is 11.5 Å². The van der Waals surface area contributed by atoms with Gasteiger partial charge in [-0.1, -0.05) is 35.9 Å². The van der Waals surface area contributed by atoms with Crippen LogP contribution in [0.3, 0.4) is 0 Å². The molecule has 2 saturated heterocycles. The first-order chi connectivity index (χ1) is 16.8. The Balaban J connectivity index is 1.48. The maximum absolute atomic E-state index is 13.9. The zero-order valence-corrected chi connectivity index (χ0v) is 19.0. The van der Waals surface area contributed by atoms with E-state index < -0.39 is 35.2 Å². The first-order valence-corrected chi connectivity index (χ1v) is 11.5. The fourth-order valence-electron chi connectivity index (χ4n) is 5.73. The zero-order valence-electron chi connectivity index (χ0n) is 18.2. The van der Waals surface area contributed by atoms with Crippen LogP contribution in [0.25, 0.3) is 0 Å². The van der Waals surface area contributed by atoms with Gasteiger partial charge in [0.25, 0.3) is 0 Å². The highest BCUT2D eigenvalue weighted by Crippen LogP contribution is 2.54. The summed E-state index contributed by atoms with van der Waals surface area (Å²) < 4.78 is 0. The Morgan fingerprint density at radius 1 is 0.914 bits per heavy atom. The second kappa shape index (κ2) is 7.56. The van der Waals surface area contributed by atoms with Crippen LogP contribution in [-0.2, 0) is 26.3 Å². The summed E-state index contributed by atoms with van der Waals surface area (Å²) in [6.45, 7) is 0. The van der Waals surface area contributed by atoms with E-state index in [1.165, 1.54) is 12.1 Å².